The van der Waals surface area contributed by atoms with E-state index in [4.69, 9.17) is 0 Å². The summed E-state index contributed by atoms with van der Waals surface area (Å²) >= 11 is 5.25. The molecule has 3 heteroatoms. The van der Waals surface area contributed by atoms with Gasteiger partial charge in [0, 0.05) is 21.5 Å². The van der Waals surface area contributed by atoms with Crippen molar-refractivity contribution >= 4 is 27.3 Å². The van der Waals surface area contributed by atoms with Crippen LogP contribution in [0.25, 0.3) is 0 Å². The molecule has 1 aromatic carbocycles. The van der Waals surface area contributed by atoms with Crippen LogP contribution in [0.4, 0.5) is 0 Å². The molecule has 0 radical (unpaired) electrons. The van der Waals surface area contributed by atoms with Crippen molar-refractivity contribution in [2.24, 2.45) is 0 Å². The molecule has 0 spiro atoms. The molecule has 2 rings (SSSR count). The summed E-state index contributed by atoms with van der Waals surface area (Å²) in [7, 11) is 0. The van der Waals surface area contributed by atoms with Gasteiger partial charge in [-0.3, -0.25) is 0 Å². The fourth-order valence-corrected chi connectivity index (χ4v) is 2.82. The molecular weight excluding hydrogens is 294 g/mol. The number of nitrogens with one attached hydrogen (secondary N) is 1. The summed E-state index contributed by atoms with van der Waals surface area (Å²) in [6.07, 6.45) is 0. The molecule has 0 amide bonds. The van der Waals surface area contributed by atoms with Crippen molar-refractivity contribution in [3.8, 4) is 11.8 Å². The van der Waals surface area contributed by atoms with Crippen LogP contribution in [-0.4, -0.2) is 6.54 Å². The van der Waals surface area contributed by atoms with Crippen LogP contribution in [0.15, 0.2) is 46.3 Å². The summed E-state index contributed by atoms with van der Waals surface area (Å²) in [6, 6.07) is 12.1. The van der Waals surface area contributed by atoms with Crippen LogP contribution in [0.5, 0.6) is 0 Å². The summed E-state index contributed by atoms with van der Waals surface area (Å²) in [6.45, 7) is 1.57. The fraction of sp³-hybridized carbons (Fsp3) is 0.143. The van der Waals surface area contributed by atoms with E-state index in [-0.39, 0.29) is 0 Å². The number of rotatable bonds is 3. The first-order valence-electron chi connectivity index (χ1n) is 5.33. The maximum absolute atomic E-state index is 3.51. The van der Waals surface area contributed by atoms with Crippen molar-refractivity contribution in [2.45, 2.75) is 6.54 Å². The van der Waals surface area contributed by atoms with E-state index in [1.807, 2.05) is 30.3 Å². The Morgan fingerprint density at radius 1 is 1.18 bits per heavy atom. The Morgan fingerprint density at radius 2 is 2.00 bits per heavy atom. The topological polar surface area (TPSA) is 12.0 Å². The highest BCUT2D eigenvalue weighted by Crippen LogP contribution is 2.21. The SMILES string of the molecule is Brc1ccsc1CNCC#Cc1ccccc1. The van der Waals surface area contributed by atoms with Crippen LogP contribution < -0.4 is 5.32 Å². The fourth-order valence-electron chi connectivity index (χ4n) is 1.36. The molecule has 86 valence electrons. The molecule has 1 heterocycles. The second-order valence-corrected chi connectivity index (χ2v) is 5.32. The minimum atomic E-state index is 0.708. The summed E-state index contributed by atoms with van der Waals surface area (Å²) in [5.41, 5.74) is 1.06. The molecule has 0 aliphatic rings. The minimum absolute atomic E-state index is 0.708. The summed E-state index contributed by atoms with van der Waals surface area (Å²) in [5, 5.41) is 5.39. The number of halogens is 1. The first-order valence-corrected chi connectivity index (χ1v) is 7.00. The van der Waals surface area contributed by atoms with E-state index >= 15 is 0 Å². The standard InChI is InChI=1S/C14H12BrNS/c15-13-8-10-17-14(13)11-16-9-4-7-12-5-2-1-3-6-12/h1-3,5-6,8,10,16H,9,11H2. The molecule has 1 nitrogen and oxygen atoms in total. The molecule has 0 aliphatic heterocycles. The van der Waals surface area contributed by atoms with Gasteiger partial charge in [0.2, 0.25) is 0 Å². The Bertz CT molecular complexity index is 522. The lowest BCUT2D eigenvalue weighted by atomic mass is 10.2. The Hall–Kier alpha value is -1.08. The lowest BCUT2D eigenvalue weighted by Gasteiger charge is -1.97. The average molecular weight is 306 g/mol. The maximum atomic E-state index is 3.51. The highest BCUT2D eigenvalue weighted by Gasteiger charge is 1.98. The molecule has 0 atom stereocenters. The molecule has 17 heavy (non-hydrogen) atoms. The zero-order chi connectivity index (χ0) is 11.9. The lowest BCUT2D eigenvalue weighted by Crippen LogP contribution is -2.12. The van der Waals surface area contributed by atoms with Crippen LogP contribution in [0.3, 0.4) is 0 Å². The van der Waals surface area contributed by atoms with Gasteiger partial charge in [-0.15, -0.1) is 11.3 Å². The first kappa shape index (κ1) is 12.4. The molecule has 0 bridgehead atoms. The van der Waals surface area contributed by atoms with Gasteiger partial charge >= 0.3 is 0 Å². The Morgan fingerprint density at radius 3 is 2.71 bits per heavy atom. The van der Waals surface area contributed by atoms with E-state index in [0.29, 0.717) is 6.54 Å². The van der Waals surface area contributed by atoms with Crippen LogP contribution in [0.1, 0.15) is 10.4 Å². The van der Waals surface area contributed by atoms with Gasteiger partial charge in [0.1, 0.15) is 0 Å². The highest BCUT2D eigenvalue weighted by atomic mass is 79.9. The quantitative estimate of drug-likeness (QED) is 0.674. The average Bonchev–Trinajstić information content (AvgIpc) is 2.76. The Labute approximate surface area is 114 Å². The van der Waals surface area contributed by atoms with E-state index in [2.05, 4.69) is 44.5 Å². The van der Waals surface area contributed by atoms with Crippen molar-refractivity contribution in [3.05, 3.63) is 56.7 Å². The third-order valence-corrected chi connectivity index (χ3v) is 4.12. The smallest absolute Gasteiger partial charge is 0.0583 e. The normalized spacial score (nSPS) is 9.71. The Balaban J connectivity index is 1.78. The summed E-state index contributed by atoms with van der Waals surface area (Å²) < 4.78 is 1.17. The molecule has 0 saturated carbocycles. The molecule has 2 aromatic rings. The predicted octanol–water partition coefficient (Wildman–Crippen LogP) is 3.65. The summed E-state index contributed by atoms with van der Waals surface area (Å²) in [4.78, 5) is 1.31. The van der Waals surface area contributed by atoms with Gasteiger partial charge in [0.15, 0.2) is 0 Å². The van der Waals surface area contributed by atoms with Crippen molar-refractivity contribution in [3.63, 3.8) is 0 Å². The molecule has 0 unspecified atom stereocenters. The highest BCUT2D eigenvalue weighted by molar-refractivity contribution is 9.10. The zero-order valence-electron chi connectivity index (χ0n) is 9.24. The van der Waals surface area contributed by atoms with Crippen molar-refractivity contribution in [1.82, 2.24) is 5.32 Å². The monoisotopic (exact) mass is 305 g/mol. The third kappa shape index (κ3) is 4.01. The molecule has 0 aliphatic carbocycles. The van der Waals surface area contributed by atoms with E-state index in [9.17, 15) is 0 Å². The van der Waals surface area contributed by atoms with Gasteiger partial charge in [-0.1, -0.05) is 30.0 Å². The van der Waals surface area contributed by atoms with Crippen LogP contribution >= 0.6 is 27.3 Å². The van der Waals surface area contributed by atoms with Crippen LogP contribution in [-0.2, 0) is 6.54 Å². The van der Waals surface area contributed by atoms with E-state index < -0.39 is 0 Å². The first-order chi connectivity index (χ1) is 8.36. The molecule has 1 N–H and O–H groups in total. The Kier molecular flexibility index (Phi) is 4.81. The van der Waals surface area contributed by atoms with Gasteiger partial charge in [-0.25, -0.2) is 0 Å². The predicted molar refractivity (Wildman–Crippen MR) is 77.0 cm³/mol. The van der Waals surface area contributed by atoms with Gasteiger partial charge < -0.3 is 5.32 Å². The number of hydrogen-bond acceptors (Lipinski definition) is 2. The van der Waals surface area contributed by atoms with Crippen molar-refractivity contribution in [2.75, 3.05) is 6.54 Å². The minimum Gasteiger partial charge on any atom is -0.301 e. The van der Waals surface area contributed by atoms with E-state index in [1.165, 1.54) is 9.35 Å². The largest absolute Gasteiger partial charge is 0.301 e. The zero-order valence-corrected chi connectivity index (χ0v) is 11.6. The third-order valence-electron chi connectivity index (χ3n) is 2.20. The summed E-state index contributed by atoms with van der Waals surface area (Å²) in [5.74, 6) is 6.23. The van der Waals surface area contributed by atoms with Crippen molar-refractivity contribution < 1.29 is 0 Å². The molecular formula is C14H12BrNS. The molecule has 1 aromatic heterocycles. The lowest BCUT2D eigenvalue weighted by molar-refractivity contribution is 0.779. The van der Waals surface area contributed by atoms with Crippen molar-refractivity contribution in [1.29, 1.82) is 0 Å². The van der Waals surface area contributed by atoms with E-state index in [1.54, 1.807) is 11.3 Å². The molecule has 0 saturated heterocycles. The van der Waals surface area contributed by atoms with Crippen LogP contribution in [0.2, 0.25) is 0 Å². The second-order valence-electron chi connectivity index (χ2n) is 3.46. The number of benzene rings is 1. The van der Waals surface area contributed by atoms with Gasteiger partial charge in [0.25, 0.3) is 0 Å². The van der Waals surface area contributed by atoms with Gasteiger partial charge in [0.05, 0.1) is 6.54 Å². The number of hydrogen-bond donors (Lipinski definition) is 1. The van der Waals surface area contributed by atoms with Gasteiger partial charge in [-0.2, -0.15) is 0 Å². The number of thiophene rings is 1. The van der Waals surface area contributed by atoms with E-state index in [0.717, 1.165) is 12.1 Å². The second kappa shape index (κ2) is 6.61. The van der Waals surface area contributed by atoms with Gasteiger partial charge in [-0.05, 0) is 39.5 Å². The van der Waals surface area contributed by atoms with Crippen LogP contribution in [0, 0.1) is 11.8 Å². The molecule has 0 fully saturated rings. The maximum Gasteiger partial charge on any atom is 0.0583 e.